The number of esters is 1. The van der Waals surface area contributed by atoms with Gasteiger partial charge in [0.15, 0.2) is 5.78 Å². The molecule has 6 heteroatoms. The van der Waals surface area contributed by atoms with Gasteiger partial charge in [0.1, 0.15) is 30.3 Å². The van der Waals surface area contributed by atoms with Crippen LogP contribution in [0.5, 0.6) is 11.5 Å². The third-order valence-corrected chi connectivity index (χ3v) is 3.25. The summed E-state index contributed by atoms with van der Waals surface area (Å²) >= 11 is 5.77. The van der Waals surface area contributed by atoms with Gasteiger partial charge in [-0.2, -0.15) is 0 Å². The molecule has 0 saturated carbocycles. The van der Waals surface area contributed by atoms with Crippen LogP contribution in [0.2, 0.25) is 5.02 Å². The number of carbonyl (C=O) groups excluding carboxylic acids is 2. The Morgan fingerprint density at radius 3 is 2.57 bits per heavy atom. The number of phenols is 1. The van der Waals surface area contributed by atoms with E-state index in [0.717, 1.165) is 0 Å². The number of phenolic OH excluding ortho intramolecular Hbond substituents is 1. The molecule has 2 rings (SSSR count). The third kappa shape index (κ3) is 4.47. The molecule has 0 amide bonds. The highest BCUT2D eigenvalue weighted by Gasteiger charge is 2.13. The predicted molar refractivity (Wildman–Crippen MR) is 85.3 cm³/mol. The van der Waals surface area contributed by atoms with Gasteiger partial charge < -0.3 is 14.6 Å². The van der Waals surface area contributed by atoms with Crippen LogP contribution in [-0.4, -0.2) is 30.1 Å². The van der Waals surface area contributed by atoms with Gasteiger partial charge in [-0.3, -0.25) is 4.79 Å². The number of benzene rings is 2. The van der Waals surface area contributed by atoms with Crippen LogP contribution in [0.3, 0.4) is 0 Å². The maximum Gasteiger partial charge on any atom is 0.342 e. The molecule has 0 saturated heterocycles. The summed E-state index contributed by atoms with van der Waals surface area (Å²) in [4.78, 5) is 23.3. The average Bonchev–Trinajstić information content (AvgIpc) is 2.53. The lowest BCUT2D eigenvalue weighted by Crippen LogP contribution is -2.13. The maximum absolute atomic E-state index is 11.9. The minimum Gasteiger partial charge on any atom is -0.507 e. The molecule has 2 aromatic rings. The molecule has 5 nitrogen and oxygen atoms in total. The number of rotatable bonds is 6. The Hall–Kier alpha value is -2.53. The first-order chi connectivity index (χ1) is 11.0. The summed E-state index contributed by atoms with van der Waals surface area (Å²) in [6, 6.07) is 10.9. The summed E-state index contributed by atoms with van der Waals surface area (Å²) in [5, 5.41) is 9.93. The minimum absolute atomic E-state index is 0.0124. The molecule has 0 heterocycles. The summed E-state index contributed by atoms with van der Waals surface area (Å²) in [6.07, 6.45) is 0. The molecule has 0 aromatic heterocycles. The van der Waals surface area contributed by atoms with Crippen LogP contribution in [0.4, 0.5) is 0 Å². The van der Waals surface area contributed by atoms with E-state index < -0.39 is 5.97 Å². The number of para-hydroxylation sites is 1. The number of aromatic hydroxyl groups is 1. The Kier molecular flexibility index (Phi) is 5.60. The van der Waals surface area contributed by atoms with Gasteiger partial charge >= 0.3 is 5.97 Å². The molecular formula is C17H15ClO5. The summed E-state index contributed by atoms with van der Waals surface area (Å²) in [5.41, 5.74) is 0.452. The Labute approximate surface area is 138 Å². The van der Waals surface area contributed by atoms with Gasteiger partial charge in [0.05, 0.1) is 5.56 Å². The Bertz CT molecular complexity index is 727. The van der Waals surface area contributed by atoms with Crippen molar-refractivity contribution in [2.45, 2.75) is 6.92 Å². The second-order valence-corrected chi connectivity index (χ2v) is 5.13. The molecule has 0 aliphatic heterocycles. The first-order valence-corrected chi connectivity index (χ1v) is 7.25. The lowest BCUT2D eigenvalue weighted by molar-refractivity contribution is 0.0446. The van der Waals surface area contributed by atoms with Crippen LogP contribution in [-0.2, 0) is 4.74 Å². The Morgan fingerprint density at radius 2 is 1.83 bits per heavy atom. The second kappa shape index (κ2) is 7.65. The van der Waals surface area contributed by atoms with E-state index in [2.05, 4.69) is 0 Å². The van der Waals surface area contributed by atoms with Crippen LogP contribution in [0.25, 0.3) is 0 Å². The number of ether oxygens (including phenoxy) is 2. The van der Waals surface area contributed by atoms with E-state index in [-0.39, 0.29) is 30.3 Å². The molecule has 0 radical (unpaired) electrons. The largest absolute Gasteiger partial charge is 0.507 e. The van der Waals surface area contributed by atoms with Crippen molar-refractivity contribution in [1.82, 2.24) is 0 Å². The second-order valence-electron chi connectivity index (χ2n) is 4.70. The molecule has 1 N–H and O–H groups in total. The molecule has 2 aromatic carbocycles. The van der Waals surface area contributed by atoms with Crippen molar-refractivity contribution in [3.63, 3.8) is 0 Å². The van der Waals surface area contributed by atoms with Crippen LogP contribution in [0, 0.1) is 0 Å². The molecule has 23 heavy (non-hydrogen) atoms. The topological polar surface area (TPSA) is 72.8 Å². The zero-order chi connectivity index (χ0) is 16.8. The fourth-order valence-electron chi connectivity index (χ4n) is 1.92. The number of ketones is 1. The standard InChI is InChI=1S/C17H15ClO5/c1-11(19)13-4-2-3-5-16(13)22-8-9-23-17(21)14-10-12(18)6-7-15(14)20/h2-7,10,20H,8-9H2,1H3. The van der Waals surface area contributed by atoms with Gasteiger partial charge in [-0.1, -0.05) is 23.7 Å². The number of hydrogen-bond donors (Lipinski definition) is 1. The molecule has 120 valence electrons. The smallest absolute Gasteiger partial charge is 0.342 e. The van der Waals surface area contributed by atoms with Crippen molar-refractivity contribution in [2.24, 2.45) is 0 Å². The first kappa shape index (κ1) is 16.8. The Balaban J connectivity index is 1.90. The van der Waals surface area contributed by atoms with Gasteiger partial charge in [0.25, 0.3) is 0 Å². The highest BCUT2D eigenvalue weighted by Crippen LogP contribution is 2.22. The monoisotopic (exact) mass is 334 g/mol. The predicted octanol–water partition coefficient (Wildman–Crippen LogP) is 3.48. The SMILES string of the molecule is CC(=O)c1ccccc1OCCOC(=O)c1cc(Cl)ccc1O. The maximum atomic E-state index is 11.9. The normalized spacial score (nSPS) is 10.2. The lowest BCUT2D eigenvalue weighted by atomic mass is 10.1. The quantitative estimate of drug-likeness (QED) is 0.497. The average molecular weight is 335 g/mol. The van der Waals surface area contributed by atoms with Crippen LogP contribution >= 0.6 is 11.6 Å². The molecule has 0 fully saturated rings. The minimum atomic E-state index is -0.701. The van der Waals surface area contributed by atoms with Crippen molar-refractivity contribution in [3.8, 4) is 11.5 Å². The summed E-state index contributed by atoms with van der Waals surface area (Å²) in [7, 11) is 0. The number of halogens is 1. The first-order valence-electron chi connectivity index (χ1n) is 6.87. The van der Waals surface area contributed by atoms with E-state index in [1.165, 1.54) is 25.1 Å². The highest BCUT2D eigenvalue weighted by molar-refractivity contribution is 6.31. The van der Waals surface area contributed by atoms with E-state index in [1.54, 1.807) is 24.3 Å². The van der Waals surface area contributed by atoms with E-state index in [4.69, 9.17) is 21.1 Å². The fraction of sp³-hybridized carbons (Fsp3) is 0.176. The summed E-state index contributed by atoms with van der Waals surface area (Å²) in [5.74, 6) is -0.584. The van der Waals surface area contributed by atoms with E-state index in [9.17, 15) is 14.7 Å². The highest BCUT2D eigenvalue weighted by atomic mass is 35.5. The summed E-state index contributed by atoms with van der Waals surface area (Å²) in [6.45, 7) is 1.50. The van der Waals surface area contributed by atoms with Crippen LogP contribution in [0.1, 0.15) is 27.6 Å². The molecule has 0 spiro atoms. The van der Waals surface area contributed by atoms with Gasteiger partial charge in [-0.15, -0.1) is 0 Å². The number of Topliss-reactive ketones (excluding diaryl/α,β-unsaturated/α-hetero) is 1. The van der Waals surface area contributed by atoms with E-state index in [1.807, 2.05) is 0 Å². The lowest BCUT2D eigenvalue weighted by Gasteiger charge is -2.10. The molecule has 0 aliphatic carbocycles. The number of hydrogen-bond acceptors (Lipinski definition) is 5. The Morgan fingerprint density at radius 1 is 1.09 bits per heavy atom. The molecule has 0 aliphatic rings. The van der Waals surface area contributed by atoms with E-state index >= 15 is 0 Å². The zero-order valence-electron chi connectivity index (χ0n) is 12.4. The fourth-order valence-corrected chi connectivity index (χ4v) is 2.09. The van der Waals surface area contributed by atoms with Gasteiger partial charge in [0, 0.05) is 5.02 Å². The zero-order valence-corrected chi connectivity index (χ0v) is 13.2. The van der Waals surface area contributed by atoms with Crippen molar-refractivity contribution >= 4 is 23.4 Å². The van der Waals surface area contributed by atoms with Crippen molar-refractivity contribution in [1.29, 1.82) is 0 Å². The van der Waals surface area contributed by atoms with Crippen LogP contribution < -0.4 is 4.74 Å². The molecule has 0 atom stereocenters. The van der Waals surface area contributed by atoms with Crippen molar-refractivity contribution in [3.05, 3.63) is 58.6 Å². The molecule has 0 unspecified atom stereocenters. The third-order valence-electron chi connectivity index (χ3n) is 3.02. The summed E-state index contributed by atoms with van der Waals surface area (Å²) < 4.78 is 10.5. The van der Waals surface area contributed by atoms with Crippen molar-refractivity contribution < 1.29 is 24.2 Å². The van der Waals surface area contributed by atoms with Gasteiger partial charge in [-0.05, 0) is 37.3 Å². The van der Waals surface area contributed by atoms with Crippen molar-refractivity contribution in [2.75, 3.05) is 13.2 Å². The number of carbonyl (C=O) groups is 2. The molecular weight excluding hydrogens is 320 g/mol. The van der Waals surface area contributed by atoms with E-state index in [0.29, 0.717) is 16.3 Å². The van der Waals surface area contributed by atoms with Gasteiger partial charge in [0.2, 0.25) is 0 Å². The van der Waals surface area contributed by atoms with Crippen LogP contribution in [0.15, 0.2) is 42.5 Å². The molecule has 0 bridgehead atoms. The van der Waals surface area contributed by atoms with Gasteiger partial charge in [-0.25, -0.2) is 4.79 Å².